The first-order valence-electron chi connectivity index (χ1n) is 12.2. The molecular weight excluding hydrogens is 484 g/mol. The van der Waals surface area contributed by atoms with E-state index in [1.165, 1.54) is 19.1 Å². The maximum Gasteiger partial charge on any atom is 0.295 e. The molecule has 2 heterocycles. The number of nitrogens with one attached hydrogen (secondary N) is 1. The standard InChI is InChI=1S/C30H28N2O6/c1-36-21-11-8-18(9-12-21)28(33)26-27(19-10-13-24(37-2)25(16-19)38-3)32(30(35)29(26)34)15-14-20-17-31-23-7-5-4-6-22(20)23/h4-13,16-17,27,31,33H,14-15H2,1-3H3/t27-/m0/s1. The van der Waals surface area contributed by atoms with Gasteiger partial charge in [0.1, 0.15) is 11.5 Å². The highest BCUT2D eigenvalue weighted by molar-refractivity contribution is 6.46. The summed E-state index contributed by atoms with van der Waals surface area (Å²) >= 11 is 0. The van der Waals surface area contributed by atoms with Gasteiger partial charge in [0.25, 0.3) is 11.7 Å². The molecule has 8 heteroatoms. The van der Waals surface area contributed by atoms with E-state index in [9.17, 15) is 14.7 Å². The van der Waals surface area contributed by atoms with E-state index in [1.54, 1.807) is 49.6 Å². The van der Waals surface area contributed by atoms with Gasteiger partial charge in [0, 0.05) is 29.2 Å². The quantitative estimate of drug-likeness (QED) is 0.199. The number of ether oxygens (including phenoxy) is 3. The highest BCUT2D eigenvalue weighted by Crippen LogP contribution is 2.42. The summed E-state index contributed by atoms with van der Waals surface area (Å²) in [6.45, 7) is 0.269. The Morgan fingerprint density at radius 3 is 2.37 bits per heavy atom. The Hall–Kier alpha value is -4.72. The van der Waals surface area contributed by atoms with Crippen LogP contribution in [-0.2, 0) is 16.0 Å². The van der Waals surface area contributed by atoms with Crippen molar-refractivity contribution < 1.29 is 28.9 Å². The van der Waals surface area contributed by atoms with Gasteiger partial charge in [0.2, 0.25) is 0 Å². The SMILES string of the molecule is COc1ccc(C(O)=C2C(=O)C(=O)N(CCc3c[nH]c4ccccc34)[C@H]2c2ccc(OC)c(OC)c2)cc1. The Kier molecular flexibility index (Phi) is 6.79. The van der Waals surface area contributed by atoms with Gasteiger partial charge in [-0.2, -0.15) is 0 Å². The number of aliphatic hydroxyl groups excluding tert-OH is 1. The molecule has 38 heavy (non-hydrogen) atoms. The molecule has 5 rings (SSSR count). The summed E-state index contributed by atoms with van der Waals surface area (Å²) in [5.41, 5.74) is 3.08. The summed E-state index contributed by atoms with van der Waals surface area (Å²) in [5, 5.41) is 12.4. The number of methoxy groups -OCH3 is 3. The number of nitrogens with zero attached hydrogens (tertiary/aromatic N) is 1. The lowest BCUT2D eigenvalue weighted by Crippen LogP contribution is -2.31. The van der Waals surface area contributed by atoms with Crippen molar-refractivity contribution in [2.24, 2.45) is 0 Å². The number of hydrogen-bond acceptors (Lipinski definition) is 6. The lowest BCUT2D eigenvalue weighted by atomic mass is 9.94. The summed E-state index contributed by atoms with van der Waals surface area (Å²) in [4.78, 5) is 31.5. The molecular formula is C30H28N2O6. The lowest BCUT2D eigenvalue weighted by molar-refractivity contribution is -0.139. The lowest BCUT2D eigenvalue weighted by Gasteiger charge is -2.26. The number of para-hydroxylation sites is 1. The number of aliphatic hydroxyl groups is 1. The zero-order chi connectivity index (χ0) is 26.8. The predicted octanol–water partition coefficient (Wildman–Crippen LogP) is 4.86. The van der Waals surface area contributed by atoms with Crippen LogP contribution in [0, 0.1) is 0 Å². The number of carbonyl (C=O) groups excluding carboxylic acids is 2. The Morgan fingerprint density at radius 1 is 0.921 bits per heavy atom. The molecule has 0 spiro atoms. The summed E-state index contributed by atoms with van der Waals surface area (Å²) in [7, 11) is 4.60. The molecule has 0 radical (unpaired) electrons. The monoisotopic (exact) mass is 512 g/mol. The van der Waals surface area contributed by atoms with Gasteiger partial charge in [-0.15, -0.1) is 0 Å². The van der Waals surface area contributed by atoms with E-state index in [2.05, 4.69) is 4.98 Å². The maximum atomic E-state index is 13.4. The highest BCUT2D eigenvalue weighted by Gasteiger charge is 2.46. The topological polar surface area (TPSA) is 101 Å². The number of hydrogen-bond donors (Lipinski definition) is 2. The third kappa shape index (κ3) is 4.34. The number of fused-ring (bicyclic) bond motifs is 1. The van der Waals surface area contributed by atoms with Gasteiger partial charge in [0.15, 0.2) is 11.5 Å². The number of carbonyl (C=O) groups is 2. The fraction of sp³-hybridized carbons (Fsp3) is 0.200. The molecule has 0 saturated carbocycles. The summed E-state index contributed by atoms with van der Waals surface area (Å²) in [6.07, 6.45) is 2.44. The fourth-order valence-corrected chi connectivity index (χ4v) is 4.96. The van der Waals surface area contributed by atoms with Gasteiger partial charge < -0.3 is 29.2 Å². The van der Waals surface area contributed by atoms with E-state index in [-0.39, 0.29) is 17.9 Å². The van der Waals surface area contributed by atoms with Crippen LogP contribution in [0.5, 0.6) is 17.2 Å². The molecule has 0 unspecified atom stereocenters. The van der Waals surface area contributed by atoms with E-state index < -0.39 is 17.7 Å². The molecule has 1 aliphatic rings. The molecule has 194 valence electrons. The van der Waals surface area contributed by atoms with E-state index >= 15 is 0 Å². The van der Waals surface area contributed by atoms with Crippen LogP contribution in [-0.4, -0.2) is 54.6 Å². The van der Waals surface area contributed by atoms with E-state index in [0.29, 0.717) is 34.8 Å². The number of aromatic amines is 1. The van der Waals surface area contributed by atoms with E-state index in [0.717, 1.165) is 16.5 Å². The van der Waals surface area contributed by atoms with Crippen molar-refractivity contribution in [2.45, 2.75) is 12.5 Å². The average molecular weight is 513 g/mol. The first kappa shape index (κ1) is 25.0. The fourth-order valence-electron chi connectivity index (χ4n) is 4.96. The third-order valence-corrected chi connectivity index (χ3v) is 6.92. The van der Waals surface area contributed by atoms with Crippen LogP contribution in [0.15, 0.2) is 78.5 Å². The minimum atomic E-state index is -0.817. The molecule has 0 aliphatic carbocycles. The van der Waals surface area contributed by atoms with E-state index in [1.807, 2.05) is 30.5 Å². The van der Waals surface area contributed by atoms with Gasteiger partial charge >= 0.3 is 0 Å². The van der Waals surface area contributed by atoms with Crippen LogP contribution in [0.2, 0.25) is 0 Å². The van der Waals surface area contributed by atoms with Gasteiger partial charge in [0.05, 0.1) is 32.9 Å². The van der Waals surface area contributed by atoms with Crippen molar-refractivity contribution in [1.82, 2.24) is 9.88 Å². The summed E-state index contributed by atoms with van der Waals surface area (Å²) in [5.74, 6) is -0.0758. The molecule has 1 atom stereocenters. The third-order valence-electron chi connectivity index (χ3n) is 6.92. The second kappa shape index (κ2) is 10.3. The van der Waals surface area contributed by atoms with Crippen LogP contribution >= 0.6 is 0 Å². The Balaban J connectivity index is 1.59. The second-order valence-electron chi connectivity index (χ2n) is 8.94. The summed E-state index contributed by atoms with van der Waals surface area (Å²) in [6, 6.07) is 19.0. The van der Waals surface area contributed by atoms with Crippen molar-refractivity contribution in [3.63, 3.8) is 0 Å². The Bertz CT molecular complexity index is 1540. The van der Waals surface area contributed by atoms with Crippen molar-refractivity contribution in [3.8, 4) is 17.2 Å². The number of ketones is 1. The molecule has 1 aliphatic heterocycles. The molecule has 1 amide bonds. The first-order chi connectivity index (χ1) is 18.5. The smallest absolute Gasteiger partial charge is 0.295 e. The van der Waals surface area contributed by atoms with Crippen molar-refractivity contribution in [3.05, 3.63) is 95.2 Å². The molecule has 1 fully saturated rings. The molecule has 1 saturated heterocycles. The Morgan fingerprint density at radius 2 is 1.66 bits per heavy atom. The van der Waals surface area contributed by atoms with Crippen molar-refractivity contribution in [2.75, 3.05) is 27.9 Å². The van der Waals surface area contributed by atoms with Crippen LogP contribution < -0.4 is 14.2 Å². The summed E-state index contributed by atoms with van der Waals surface area (Å²) < 4.78 is 16.1. The molecule has 1 aromatic heterocycles. The number of amides is 1. The van der Waals surface area contributed by atoms with Crippen LogP contribution in [0.1, 0.15) is 22.7 Å². The van der Waals surface area contributed by atoms with Crippen LogP contribution in [0.4, 0.5) is 0 Å². The highest BCUT2D eigenvalue weighted by atomic mass is 16.5. The molecule has 2 N–H and O–H groups in total. The average Bonchev–Trinajstić information content (AvgIpc) is 3.49. The predicted molar refractivity (Wildman–Crippen MR) is 144 cm³/mol. The van der Waals surface area contributed by atoms with Gasteiger partial charge in [-0.1, -0.05) is 24.3 Å². The first-order valence-corrected chi connectivity index (χ1v) is 12.2. The van der Waals surface area contributed by atoms with Gasteiger partial charge in [-0.05, 0) is 60.0 Å². The molecule has 0 bridgehead atoms. The van der Waals surface area contributed by atoms with Gasteiger partial charge in [-0.25, -0.2) is 0 Å². The van der Waals surface area contributed by atoms with Crippen LogP contribution in [0.3, 0.4) is 0 Å². The molecule has 3 aromatic carbocycles. The molecule has 8 nitrogen and oxygen atoms in total. The van der Waals surface area contributed by atoms with Crippen molar-refractivity contribution in [1.29, 1.82) is 0 Å². The van der Waals surface area contributed by atoms with E-state index in [4.69, 9.17) is 14.2 Å². The largest absolute Gasteiger partial charge is 0.507 e. The minimum Gasteiger partial charge on any atom is -0.507 e. The normalized spacial score (nSPS) is 16.7. The van der Waals surface area contributed by atoms with Crippen molar-refractivity contribution >= 4 is 28.4 Å². The number of benzene rings is 3. The number of rotatable bonds is 8. The second-order valence-corrected chi connectivity index (χ2v) is 8.94. The van der Waals surface area contributed by atoms with Crippen LogP contribution in [0.25, 0.3) is 16.7 Å². The number of likely N-dealkylation sites (tertiary alicyclic amines) is 1. The zero-order valence-electron chi connectivity index (χ0n) is 21.4. The maximum absolute atomic E-state index is 13.4. The number of H-pyrrole nitrogens is 1. The minimum absolute atomic E-state index is 0.0197. The number of aromatic nitrogens is 1. The Labute approximate surface area is 220 Å². The molecule has 4 aromatic rings. The number of Topliss-reactive ketones (excluding diaryl/α,β-unsaturated/α-hetero) is 1. The zero-order valence-corrected chi connectivity index (χ0v) is 21.4. The van der Waals surface area contributed by atoms with Gasteiger partial charge in [-0.3, -0.25) is 9.59 Å².